The molecule has 0 amide bonds. The van der Waals surface area contributed by atoms with Gasteiger partial charge in [0.25, 0.3) is 0 Å². The molecule has 2 unspecified atom stereocenters. The maximum Gasteiger partial charge on any atom is 0.319 e. The van der Waals surface area contributed by atoms with Crippen LogP contribution >= 0.6 is 0 Å². The molecule has 0 heterocycles. The third-order valence-electron chi connectivity index (χ3n) is 9.04. The van der Waals surface area contributed by atoms with Gasteiger partial charge in [0, 0.05) is 18.8 Å². The van der Waals surface area contributed by atoms with Gasteiger partial charge in [-0.1, -0.05) is 90.5 Å². The Morgan fingerprint density at radius 1 is 1.05 bits per heavy atom. The first kappa shape index (κ1) is 33.2. The molecule has 0 bridgehead atoms. The minimum absolute atomic E-state index is 0.0346. The number of carboxylic acids is 1. The van der Waals surface area contributed by atoms with Gasteiger partial charge in [-0.05, 0) is 54.9 Å². The summed E-state index contributed by atoms with van der Waals surface area (Å²) in [6.07, 6.45) is 8.91. The summed E-state index contributed by atoms with van der Waals surface area (Å²) in [6, 6.07) is 8.45. The third kappa shape index (κ3) is 8.50. The van der Waals surface area contributed by atoms with Crippen LogP contribution < -0.4 is 0 Å². The van der Waals surface area contributed by atoms with Gasteiger partial charge in [-0.25, -0.2) is 0 Å². The van der Waals surface area contributed by atoms with Gasteiger partial charge >= 0.3 is 11.9 Å². The lowest BCUT2D eigenvalue weighted by molar-refractivity contribution is -0.158. The Morgan fingerprint density at radius 3 is 2.26 bits per heavy atom. The van der Waals surface area contributed by atoms with Crippen molar-refractivity contribution in [2.45, 2.75) is 135 Å². The topological polar surface area (TPSA) is 89.9 Å². The van der Waals surface area contributed by atoms with Gasteiger partial charge in [0.1, 0.15) is 5.41 Å². The zero-order chi connectivity index (χ0) is 29.3. The fraction of sp³-hybridized carbons (Fsp3) is 0.719. The van der Waals surface area contributed by atoms with Crippen LogP contribution in [0, 0.1) is 5.41 Å². The standard InChI is InChI=1S/C32H52O6Si/c1-8-9-12-15-27(38-39(6,7)31(2,3)4)25-19-17-24(18-20-25)26-21-22-28(33)32(26,30(36)37-5)23-14-11-10-13-16-29(34)35/h17-20,26-27H,8-16,21-23H2,1-7H3,(H,34,35)/t26-,27?,32?/m0/s1. The van der Waals surface area contributed by atoms with Crippen LogP contribution in [0.1, 0.15) is 128 Å². The summed E-state index contributed by atoms with van der Waals surface area (Å²) in [5.74, 6) is -1.49. The Hall–Kier alpha value is -1.99. The smallest absolute Gasteiger partial charge is 0.319 e. The summed E-state index contributed by atoms with van der Waals surface area (Å²) < 4.78 is 12.1. The highest BCUT2D eigenvalue weighted by atomic mass is 28.4. The van der Waals surface area contributed by atoms with Crippen LogP contribution in [0.25, 0.3) is 0 Å². The lowest BCUT2D eigenvalue weighted by atomic mass is 9.70. The molecule has 3 atom stereocenters. The lowest BCUT2D eigenvalue weighted by Gasteiger charge is -2.39. The van der Waals surface area contributed by atoms with Crippen LogP contribution in [0.4, 0.5) is 0 Å². The number of hydrogen-bond donors (Lipinski definition) is 1. The molecule has 7 heteroatoms. The van der Waals surface area contributed by atoms with Crippen LogP contribution in [0.2, 0.25) is 18.1 Å². The van der Waals surface area contributed by atoms with E-state index in [1.165, 1.54) is 13.5 Å². The van der Waals surface area contributed by atoms with Crippen molar-refractivity contribution in [3.05, 3.63) is 35.4 Å². The third-order valence-corrected chi connectivity index (χ3v) is 13.5. The zero-order valence-electron chi connectivity index (χ0n) is 25.4. The van der Waals surface area contributed by atoms with Crippen molar-refractivity contribution in [3.8, 4) is 0 Å². The van der Waals surface area contributed by atoms with E-state index in [0.29, 0.717) is 32.1 Å². The van der Waals surface area contributed by atoms with E-state index >= 15 is 0 Å². The molecule has 220 valence electrons. The molecule has 1 aromatic carbocycles. The first-order valence-corrected chi connectivity index (χ1v) is 17.8. The normalized spacial score (nSPS) is 20.7. The second kappa shape index (κ2) is 14.6. The van der Waals surface area contributed by atoms with E-state index in [1.807, 2.05) is 0 Å². The van der Waals surface area contributed by atoms with E-state index in [-0.39, 0.29) is 29.3 Å². The largest absolute Gasteiger partial charge is 0.481 e. The Balaban J connectivity index is 2.28. The molecule has 0 radical (unpaired) electrons. The molecule has 6 nitrogen and oxygen atoms in total. The van der Waals surface area contributed by atoms with Crippen molar-refractivity contribution in [2.24, 2.45) is 5.41 Å². The van der Waals surface area contributed by atoms with Crippen LogP contribution in [0.3, 0.4) is 0 Å². The highest BCUT2D eigenvalue weighted by molar-refractivity contribution is 6.74. The summed E-state index contributed by atoms with van der Waals surface area (Å²) >= 11 is 0. The fourth-order valence-electron chi connectivity index (χ4n) is 5.63. The Bertz CT molecular complexity index is 948. The minimum Gasteiger partial charge on any atom is -0.481 e. The minimum atomic E-state index is -1.97. The molecule has 0 aliphatic heterocycles. The van der Waals surface area contributed by atoms with Gasteiger partial charge in [-0.2, -0.15) is 0 Å². The first-order chi connectivity index (χ1) is 18.3. The van der Waals surface area contributed by atoms with Crippen LogP contribution in [-0.4, -0.2) is 38.3 Å². The highest BCUT2D eigenvalue weighted by Crippen LogP contribution is 2.51. The number of methoxy groups -OCH3 is 1. The van der Waals surface area contributed by atoms with Crippen molar-refractivity contribution in [1.29, 1.82) is 0 Å². The molecule has 1 N–H and O–H groups in total. The number of carboxylic acid groups (broad SMARTS) is 1. The SMILES string of the molecule is CCCCCC(O[Si](C)(C)C(C)(C)C)c1ccc([C@@H]2CCC(=O)C2(CCCCCCC(=O)O)C(=O)OC)cc1. The van der Waals surface area contributed by atoms with E-state index in [1.54, 1.807) is 0 Å². The lowest BCUT2D eigenvalue weighted by Crippen LogP contribution is -2.42. The van der Waals surface area contributed by atoms with Gasteiger partial charge in [0.05, 0.1) is 13.2 Å². The van der Waals surface area contributed by atoms with Crippen LogP contribution in [0.5, 0.6) is 0 Å². The Kier molecular flexibility index (Phi) is 12.4. The predicted molar refractivity (Wildman–Crippen MR) is 158 cm³/mol. The van der Waals surface area contributed by atoms with E-state index in [2.05, 4.69) is 65.1 Å². The second-order valence-electron chi connectivity index (χ2n) is 12.8. The average molecular weight is 561 g/mol. The molecular formula is C32H52O6Si. The van der Waals surface area contributed by atoms with Gasteiger partial charge in [-0.3, -0.25) is 14.4 Å². The molecule has 1 aliphatic carbocycles. The van der Waals surface area contributed by atoms with Crippen molar-refractivity contribution in [2.75, 3.05) is 7.11 Å². The number of rotatable bonds is 16. The number of carbonyl (C=O) groups excluding carboxylic acids is 2. The predicted octanol–water partition coefficient (Wildman–Crippen LogP) is 8.36. The molecule has 0 aromatic heterocycles. The maximum atomic E-state index is 13.3. The number of ketones is 1. The van der Waals surface area contributed by atoms with Gasteiger partial charge in [0.2, 0.25) is 0 Å². The summed E-state index contributed by atoms with van der Waals surface area (Å²) in [4.78, 5) is 37.2. The van der Waals surface area contributed by atoms with Gasteiger partial charge in [-0.15, -0.1) is 0 Å². The summed E-state index contributed by atoms with van der Waals surface area (Å²) in [5.41, 5.74) is 0.993. The average Bonchev–Trinajstić information content (AvgIpc) is 3.21. The molecule has 1 aromatic rings. The molecule has 1 fully saturated rings. The number of esters is 1. The number of carbonyl (C=O) groups is 3. The summed E-state index contributed by atoms with van der Waals surface area (Å²) in [5, 5.41) is 8.99. The summed E-state index contributed by atoms with van der Waals surface area (Å²) in [6.45, 7) is 13.6. The number of aliphatic carboxylic acids is 1. The fourth-order valence-corrected chi connectivity index (χ4v) is 6.95. The molecule has 0 saturated heterocycles. The molecule has 1 aliphatic rings. The number of benzene rings is 1. The van der Waals surface area contributed by atoms with Crippen molar-refractivity contribution in [1.82, 2.24) is 0 Å². The zero-order valence-corrected chi connectivity index (χ0v) is 26.4. The Labute approximate surface area is 237 Å². The molecule has 39 heavy (non-hydrogen) atoms. The van der Waals surface area contributed by atoms with E-state index in [0.717, 1.165) is 43.2 Å². The monoisotopic (exact) mass is 560 g/mol. The second-order valence-corrected chi connectivity index (χ2v) is 17.6. The van der Waals surface area contributed by atoms with Crippen molar-refractivity contribution in [3.63, 3.8) is 0 Å². The molecule has 1 saturated carbocycles. The van der Waals surface area contributed by atoms with Crippen LogP contribution in [0.15, 0.2) is 24.3 Å². The van der Waals surface area contributed by atoms with E-state index in [9.17, 15) is 14.4 Å². The molecule has 2 rings (SSSR count). The van der Waals surface area contributed by atoms with Crippen LogP contribution in [-0.2, 0) is 23.5 Å². The number of Topliss-reactive ketones (excluding diaryl/α,β-unsaturated/α-hetero) is 1. The number of ether oxygens (including phenoxy) is 1. The number of hydrogen-bond acceptors (Lipinski definition) is 5. The maximum absolute atomic E-state index is 13.3. The highest BCUT2D eigenvalue weighted by Gasteiger charge is 2.56. The van der Waals surface area contributed by atoms with Gasteiger partial charge in [0.15, 0.2) is 14.1 Å². The number of unbranched alkanes of at least 4 members (excludes halogenated alkanes) is 5. The van der Waals surface area contributed by atoms with Crippen molar-refractivity contribution < 1.29 is 28.7 Å². The first-order valence-electron chi connectivity index (χ1n) is 14.9. The molecular weight excluding hydrogens is 508 g/mol. The van der Waals surface area contributed by atoms with Gasteiger partial charge < -0.3 is 14.3 Å². The Morgan fingerprint density at radius 2 is 1.69 bits per heavy atom. The summed E-state index contributed by atoms with van der Waals surface area (Å²) in [7, 11) is -0.609. The molecule has 0 spiro atoms. The van der Waals surface area contributed by atoms with E-state index in [4.69, 9.17) is 14.3 Å². The van der Waals surface area contributed by atoms with Crippen molar-refractivity contribution >= 4 is 26.0 Å². The quantitative estimate of drug-likeness (QED) is 0.0945. The van der Waals surface area contributed by atoms with E-state index < -0.39 is 25.7 Å².